The molecule has 136 valence electrons. The molecule has 2 aromatic rings. The van der Waals surface area contributed by atoms with Gasteiger partial charge in [-0.2, -0.15) is 0 Å². The van der Waals surface area contributed by atoms with Crippen molar-refractivity contribution in [3.05, 3.63) is 71.3 Å². The molecule has 0 unspecified atom stereocenters. The Morgan fingerprint density at radius 1 is 0.654 bits per heavy atom. The van der Waals surface area contributed by atoms with Crippen molar-refractivity contribution in [3.8, 4) is 0 Å². The van der Waals surface area contributed by atoms with Crippen LogP contribution in [0.3, 0.4) is 0 Å². The third kappa shape index (κ3) is 4.65. The summed E-state index contributed by atoms with van der Waals surface area (Å²) in [5, 5.41) is 5.90. The Morgan fingerprint density at radius 2 is 0.962 bits per heavy atom. The molecule has 3 rings (SSSR count). The third-order valence-electron chi connectivity index (χ3n) is 4.61. The molecule has 0 atom stereocenters. The van der Waals surface area contributed by atoms with Gasteiger partial charge in [-0.05, 0) is 74.2 Å². The number of rotatable bonds is 4. The zero-order chi connectivity index (χ0) is 18.5. The van der Waals surface area contributed by atoms with Gasteiger partial charge in [0.05, 0.1) is 0 Å². The van der Waals surface area contributed by atoms with Gasteiger partial charge in [-0.15, -0.1) is 0 Å². The van der Waals surface area contributed by atoms with Gasteiger partial charge in [-0.3, -0.25) is 9.59 Å². The molecule has 2 amide bonds. The number of carbonyl (C=O) groups is 2. The number of carbonyl (C=O) groups excluding carboxylic acids is 2. The first-order chi connectivity index (χ1) is 12.5. The molecule has 0 radical (unpaired) electrons. The van der Waals surface area contributed by atoms with Crippen molar-refractivity contribution >= 4 is 11.8 Å². The predicted molar refractivity (Wildman–Crippen MR) is 93.8 cm³/mol. The average molecular weight is 358 g/mol. The maximum atomic E-state index is 12.9. The summed E-state index contributed by atoms with van der Waals surface area (Å²) in [5.41, 5.74) is 0.858. The van der Waals surface area contributed by atoms with E-state index in [4.69, 9.17) is 0 Å². The Balaban J connectivity index is 1.46. The van der Waals surface area contributed by atoms with Crippen LogP contribution in [-0.4, -0.2) is 23.9 Å². The number of benzene rings is 2. The Labute approximate surface area is 150 Å². The highest BCUT2D eigenvalue weighted by Gasteiger charge is 2.24. The van der Waals surface area contributed by atoms with Gasteiger partial charge in [0.25, 0.3) is 11.8 Å². The zero-order valence-corrected chi connectivity index (χ0v) is 14.2. The molecule has 1 aliphatic carbocycles. The van der Waals surface area contributed by atoms with Crippen molar-refractivity contribution in [2.45, 2.75) is 37.8 Å². The van der Waals surface area contributed by atoms with E-state index in [-0.39, 0.29) is 35.5 Å². The quantitative estimate of drug-likeness (QED) is 0.880. The van der Waals surface area contributed by atoms with Crippen molar-refractivity contribution in [1.29, 1.82) is 0 Å². The van der Waals surface area contributed by atoms with Crippen LogP contribution in [0, 0.1) is 11.6 Å². The number of amides is 2. The minimum atomic E-state index is -0.376. The molecule has 1 fully saturated rings. The van der Waals surface area contributed by atoms with E-state index in [9.17, 15) is 18.4 Å². The molecule has 0 aromatic heterocycles. The molecule has 0 heterocycles. The lowest BCUT2D eigenvalue weighted by molar-refractivity contribution is 0.0892. The summed E-state index contributed by atoms with van der Waals surface area (Å²) < 4.78 is 25.8. The maximum Gasteiger partial charge on any atom is 0.251 e. The fourth-order valence-electron chi connectivity index (χ4n) is 3.12. The highest BCUT2D eigenvalue weighted by Crippen LogP contribution is 2.20. The van der Waals surface area contributed by atoms with Crippen LogP contribution in [0.25, 0.3) is 0 Å². The average Bonchev–Trinajstić information content (AvgIpc) is 2.64. The van der Waals surface area contributed by atoms with Crippen molar-refractivity contribution in [1.82, 2.24) is 10.6 Å². The maximum absolute atomic E-state index is 12.9. The van der Waals surface area contributed by atoms with Crippen LogP contribution in [0.15, 0.2) is 48.5 Å². The lowest BCUT2D eigenvalue weighted by atomic mass is 9.90. The standard InChI is InChI=1S/C20H20F2N2O2/c21-15-5-1-13(2-6-15)19(25)23-17-9-11-18(12-10-17)24-20(26)14-3-7-16(22)8-4-14/h1-8,17-18H,9-12H2,(H,23,25)(H,24,26). The summed E-state index contributed by atoms with van der Waals surface area (Å²) in [7, 11) is 0. The molecule has 4 nitrogen and oxygen atoms in total. The first kappa shape index (κ1) is 18.0. The number of halogens is 2. The summed E-state index contributed by atoms with van der Waals surface area (Å²) in [5.74, 6) is -1.19. The van der Waals surface area contributed by atoms with Gasteiger partial charge < -0.3 is 10.6 Å². The lowest BCUT2D eigenvalue weighted by Crippen LogP contribution is -2.43. The second-order valence-electron chi connectivity index (χ2n) is 6.51. The number of hydrogen-bond donors (Lipinski definition) is 2. The summed E-state index contributed by atoms with van der Waals surface area (Å²) >= 11 is 0. The molecule has 0 saturated heterocycles. The summed E-state index contributed by atoms with van der Waals surface area (Å²) in [4.78, 5) is 24.3. The normalized spacial score (nSPS) is 19.6. The first-order valence-electron chi connectivity index (χ1n) is 8.64. The van der Waals surface area contributed by atoms with Crippen molar-refractivity contribution in [3.63, 3.8) is 0 Å². The Hall–Kier alpha value is -2.76. The Morgan fingerprint density at radius 3 is 1.27 bits per heavy atom. The molecule has 1 aliphatic rings. The van der Waals surface area contributed by atoms with Crippen LogP contribution >= 0.6 is 0 Å². The van der Waals surface area contributed by atoms with Crippen molar-refractivity contribution in [2.24, 2.45) is 0 Å². The minimum Gasteiger partial charge on any atom is -0.349 e. The molecule has 26 heavy (non-hydrogen) atoms. The van der Waals surface area contributed by atoms with Crippen molar-refractivity contribution in [2.75, 3.05) is 0 Å². The van der Waals surface area contributed by atoms with Crippen LogP contribution < -0.4 is 10.6 Å². The fraction of sp³-hybridized carbons (Fsp3) is 0.300. The van der Waals surface area contributed by atoms with E-state index in [0.29, 0.717) is 11.1 Å². The Kier molecular flexibility index (Phi) is 5.61. The molecular formula is C20H20F2N2O2. The largest absolute Gasteiger partial charge is 0.349 e. The van der Waals surface area contributed by atoms with Gasteiger partial charge in [-0.25, -0.2) is 8.78 Å². The van der Waals surface area contributed by atoms with Crippen LogP contribution in [0.4, 0.5) is 8.78 Å². The number of hydrogen-bond acceptors (Lipinski definition) is 2. The first-order valence-corrected chi connectivity index (χ1v) is 8.64. The highest BCUT2D eigenvalue weighted by atomic mass is 19.1. The van der Waals surface area contributed by atoms with E-state index in [0.717, 1.165) is 25.7 Å². The van der Waals surface area contributed by atoms with E-state index >= 15 is 0 Å². The second kappa shape index (κ2) is 8.08. The summed E-state index contributed by atoms with van der Waals surface area (Å²) in [6.07, 6.45) is 3.01. The van der Waals surface area contributed by atoms with Crippen LogP contribution in [-0.2, 0) is 0 Å². The van der Waals surface area contributed by atoms with Crippen LogP contribution in [0.1, 0.15) is 46.4 Å². The minimum absolute atomic E-state index is 0.0338. The van der Waals surface area contributed by atoms with E-state index in [1.807, 2.05) is 0 Å². The van der Waals surface area contributed by atoms with Crippen molar-refractivity contribution < 1.29 is 18.4 Å². The van der Waals surface area contributed by atoms with E-state index < -0.39 is 0 Å². The topological polar surface area (TPSA) is 58.2 Å². The third-order valence-corrected chi connectivity index (χ3v) is 4.61. The highest BCUT2D eigenvalue weighted by molar-refractivity contribution is 5.95. The Bertz CT molecular complexity index is 700. The smallest absolute Gasteiger partial charge is 0.251 e. The molecule has 0 spiro atoms. The van der Waals surface area contributed by atoms with E-state index in [2.05, 4.69) is 10.6 Å². The van der Waals surface area contributed by atoms with Gasteiger partial charge >= 0.3 is 0 Å². The molecule has 2 aromatic carbocycles. The van der Waals surface area contributed by atoms with E-state index in [1.54, 1.807) is 0 Å². The fourth-order valence-corrected chi connectivity index (χ4v) is 3.12. The monoisotopic (exact) mass is 358 g/mol. The van der Waals surface area contributed by atoms with E-state index in [1.165, 1.54) is 48.5 Å². The van der Waals surface area contributed by atoms with Crippen LogP contribution in [0.5, 0.6) is 0 Å². The molecule has 2 N–H and O–H groups in total. The molecule has 0 bridgehead atoms. The van der Waals surface area contributed by atoms with Gasteiger partial charge in [0, 0.05) is 23.2 Å². The van der Waals surface area contributed by atoms with Gasteiger partial charge in [0.2, 0.25) is 0 Å². The summed E-state index contributed by atoms with van der Waals surface area (Å²) in [6, 6.07) is 10.9. The molecule has 6 heteroatoms. The molecular weight excluding hydrogens is 338 g/mol. The predicted octanol–water partition coefficient (Wildman–Crippen LogP) is 3.44. The zero-order valence-electron chi connectivity index (χ0n) is 14.2. The lowest BCUT2D eigenvalue weighted by Gasteiger charge is -2.29. The molecule has 1 saturated carbocycles. The SMILES string of the molecule is O=C(NC1CCC(NC(=O)c2ccc(F)cc2)CC1)c1ccc(F)cc1. The number of nitrogens with one attached hydrogen (secondary N) is 2. The molecule has 0 aliphatic heterocycles. The van der Waals surface area contributed by atoms with Gasteiger partial charge in [-0.1, -0.05) is 0 Å². The van der Waals surface area contributed by atoms with Crippen LogP contribution in [0.2, 0.25) is 0 Å². The second-order valence-corrected chi connectivity index (χ2v) is 6.51. The van der Waals surface area contributed by atoms with Gasteiger partial charge in [0.1, 0.15) is 11.6 Å². The summed E-state index contributed by atoms with van der Waals surface area (Å²) in [6.45, 7) is 0. The van der Waals surface area contributed by atoms with Gasteiger partial charge in [0.15, 0.2) is 0 Å².